The van der Waals surface area contributed by atoms with Crippen LogP contribution in [0.3, 0.4) is 0 Å². The van der Waals surface area contributed by atoms with Crippen molar-refractivity contribution >= 4 is 29.0 Å². The minimum Gasteiger partial charge on any atom is -0.321 e. The monoisotopic (exact) mass is 320 g/mol. The number of nitrogens with one attached hydrogen (secondary N) is 2. The van der Waals surface area contributed by atoms with Gasteiger partial charge in [-0.3, -0.25) is 19.7 Å². The highest BCUT2D eigenvalue weighted by Gasteiger charge is 2.11. The maximum absolute atomic E-state index is 12.1. The second-order valence-electron chi connectivity index (χ2n) is 4.27. The molecule has 0 fully saturated rings. The summed E-state index contributed by atoms with van der Waals surface area (Å²) in [4.78, 5) is 40.2. The van der Waals surface area contributed by atoms with E-state index in [2.05, 4.69) is 15.3 Å². The number of thioether (sulfide) groups is 1. The van der Waals surface area contributed by atoms with Gasteiger partial charge in [-0.15, -0.1) is 0 Å². The Morgan fingerprint density at radius 3 is 2.68 bits per heavy atom. The highest BCUT2D eigenvalue weighted by atomic mass is 32.2. The zero-order valence-electron chi connectivity index (χ0n) is 11.5. The molecule has 0 radical (unpaired) electrons. The van der Waals surface area contributed by atoms with E-state index in [-0.39, 0.29) is 11.4 Å². The summed E-state index contributed by atoms with van der Waals surface area (Å²) in [5.41, 5.74) is -0.113. The molecule has 114 valence electrons. The van der Waals surface area contributed by atoms with E-state index in [1.54, 1.807) is 0 Å². The van der Waals surface area contributed by atoms with Crippen molar-refractivity contribution in [2.45, 2.75) is 5.75 Å². The van der Waals surface area contributed by atoms with Gasteiger partial charge >= 0.3 is 0 Å². The number of amides is 1. The molecule has 1 amide bonds. The number of nitro benzene ring substituents is 1. The van der Waals surface area contributed by atoms with Crippen molar-refractivity contribution in [3.05, 3.63) is 62.3 Å². The summed E-state index contributed by atoms with van der Waals surface area (Å²) in [6, 6.07) is 6.47. The lowest BCUT2D eigenvalue weighted by atomic mass is 10.2. The molecule has 0 aliphatic heterocycles. The van der Waals surface area contributed by atoms with Crippen LogP contribution in [0.1, 0.15) is 16.3 Å². The lowest BCUT2D eigenvalue weighted by Gasteiger charge is -2.05. The Hall–Kier alpha value is -2.68. The molecule has 0 saturated heterocycles. The smallest absolute Gasteiger partial charge is 0.274 e. The molecule has 22 heavy (non-hydrogen) atoms. The van der Waals surface area contributed by atoms with E-state index >= 15 is 0 Å². The zero-order valence-corrected chi connectivity index (χ0v) is 12.3. The van der Waals surface area contributed by atoms with Gasteiger partial charge in [-0.2, -0.15) is 11.8 Å². The number of benzene rings is 1. The molecular weight excluding hydrogens is 308 g/mol. The minimum atomic E-state index is -0.553. The predicted octanol–water partition coefficient (Wildman–Crippen LogP) is 1.79. The van der Waals surface area contributed by atoms with Crippen molar-refractivity contribution in [3.8, 4) is 0 Å². The highest BCUT2D eigenvalue weighted by Crippen LogP contribution is 2.15. The topological polar surface area (TPSA) is 118 Å². The third-order valence-corrected chi connectivity index (χ3v) is 3.20. The highest BCUT2D eigenvalue weighted by molar-refractivity contribution is 7.97. The summed E-state index contributed by atoms with van der Waals surface area (Å²) in [7, 11) is 0. The number of rotatable bonds is 5. The number of non-ortho nitro benzene ring substituents is 1. The molecule has 1 aromatic heterocycles. The number of aromatic nitrogens is 2. The fourth-order valence-electron chi connectivity index (χ4n) is 1.69. The maximum atomic E-state index is 12.1. The van der Waals surface area contributed by atoms with Gasteiger partial charge in [0, 0.05) is 23.9 Å². The van der Waals surface area contributed by atoms with E-state index < -0.39 is 16.4 Å². The van der Waals surface area contributed by atoms with Gasteiger partial charge < -0.3 is 10.3 Å². The summed E-state index contributed by atoms with van der Waals surface area (Å²) in [6.07, 6.45) is 1.85. The van der Waals surface area contributed by atoms with Gasteiger partial charge in [0.1, 0.15) is 11.5 Å². The minimum absolute atomic E-state index is 0.00819. The van der Waals surface area contributed by atoms with E-state index in [4.69, 9.17) is 0 Å². The molecule has 1 heterocycles. The summed E-state index contributed by atoms with van der Waals surface area (Å²) in [6.45, 7) is 0. The van der Waals surface area contributed by atoms with Crippen LogP contribution in [-0.4, -0.2) is 27.1 Å². The van der Waals surface area contributed by atoms with Crippen LogP contribution in [-0.2, 0) is 5.75 Å². The van der Waals surface area contributed by atoms with E-state index in [0.717, 1.165) is 6.07 Å². The molecule has 0 spiro atoms. The third kappa shape index (κ3) is 3.92. The lowest BCUT2D eigenvalue weighted by Crippen LogP contribution is -2.20. The Kier molecular flexibility index (Phi) is 4.89. The average Bonchev–Trinajstić information content (AvgIpc) is 2.47. The Bertz CT molecular complexity index is 757. The molecule has 8 nitrogen and oxygen atoms in total. The third-order valence-electron chi connectivity index (χ3n) is 2.64. The molecule has 2 aromatic rings. The number of aromatic amines is 1. The number of nitro groups is 1. The first-order valence-electron chi connectivity index (χ1n) is 6.14. The van der Waals surface area contributed by atoms with Gasteiger partial charge in [0.25, 0.3) is 17.2 Å². The van der Waals surface area contributed by atoms with Gasteiger partial charge in [0.2, 0.25) is 0 Å². The zero-order chi connectivity index (χ0) is 16.1. The number of hydrogen-bond acceptors (Lipinski definition) is 6. The average molecular weight is 320 g/mol. The van der Waals surface area contributed by atoms with Crippen molar-refractivity contribution < 1.29 is 9.72 Å². The second kappa shape index (κ2) is 6.85. The van der Waals surface area contributed by atoms with Gasteiger partial charge in [0.15, 0.2) is 0 Å². The van der Waals surface area contributed by atoms with Crippen molar-refractivity contribution in [2.24, 2.45) is 0 Å². The predicted molar refractivity (Wildman–Crippen MR) is 83.1 cm³/mol. The Morgan fingerprint density at radius 1 is 1.41 bits per heavy atom. The molecule has 2 rings (SSSR count). The van der Waals surface area contributed by atoms with Crippen molar-refractivity contribution in [2.75, 3.05) is 11.6 Å². The first kappa shape index (κ1) is 15.7. The van der Waals surface area contributed by atoms with Crippen LogP contribution in [0.5, 0.6) is 0 Å². The molecule has 0 unspecified atom stereocenters. The van der Waals surface area contributed by atoms with Crippen LogP contribution in [0.15, 0.2) is 35.1 Å². The molecule has 0 aliphatic rings. The number of carbonyl (C=O) groups excluding carboxylic acids is 1. The first-order valence-corrected chi connectivity index (χ1v) is 7.54. The van der Waals surface area contributed by atoms with Gasteiger partial charge in [-0.05, 0) is 18.4 Å². The SMILES string of the molecule is CSCc1nc(C(=O)Nc2ccc([N+](=O)[O-])cc2)cc(=O)[nH]1. The van der Waals surface area contributed by atoms with Crippen LogP contribution < -0.4 is 10.9 Å². The van der Waals surface area contributed by atoms with Crippen LogP contribution >= 0.6 is 11.8 Å². The Balaban J connectivity index is 2.18. The summed E-state index contributed by atoms with van der Waals surface area (Å²) in [5, 5.41) is 13.1. The van der Waals surface area contributed by atoms with E-state index in [0.29, 0.717) is 17.3 Å². The molecule has 1 aromatic carbocycles. The van der Waals surface area contributed by atoms with E-state index in [1.807, 2.05) is 6.26 Å². The standard InChI is InChI=1S/C13H12N4O4S/c1-22-7-11-15-10(6-12(18)16-11)13(19)14-8-2-4-9(5-3-8)17(20)21/h2-6H,7H2,1H3,(H,14,19)(H,15,16,18). The van der Waals surface area contributed by atoms with Crippen molar-refractivity contribution in [1.29, 1.82) is 0 Å². The van der Waals surface area contributed by atoms with Crippen LogP contribution in [0.2, 0.25) is 0 Å². The van der Waals surface area contributed by atoms with Gasteiger partial charge in [-0.25, -0.2) is 4.98 Å². The fraction of sp³-hybridized carbons (Fsp3) is 0.154. The number of hydrogen-bond donors (Lipinski definition) is 2. The molecule has 0 saturated carbocycles. The van der Waals surface area contributed by atoms with Crippen molar-refractivity contribution in [1.82, 2.24) is 9.97 Å². The summed E-state index contributed by atoms with van der Waals surface area (Å²) >= 11 is 1.46. The van der Waals surface area contributed by atoms with Crippen LogP contribution in [0.25, 0.3) is 0 Å². The van der Waals surface area contributed by atoms with Gasteiger partial charge in [0.05, 0.1) is 10.7 Å². The first-order chi connectivity index (χ1) is 10.5. The molecular formula is C13H12N4O4S. The number of H-pyrrole nitrogens is 1. The Labute approximate surface area is 129 Å². The molecule has 2 N–H and O–H groups in total. The molecule has 0 bridgehead atoms. The van der Waals surface area contributed by atoms with E-state index in [1.165, 1.54) is 36.0 Å². The fourth-order valence-corrected chi connectivity index (χ4v) is 2.10. The maximum Gasteiger partial charge on any atom is 0.274 e. The number of carbonyl (C=O) groups is 1. The van der Waals surface area contributed by atoms with Crippen LogP contribution in [0.4, 0.5) is 11.4 Å². The number of nitrogens with zero attached hydrogens (tertiary/aromatic N) is 2. The van der Waals surface area contributed by atoms with Crippen molar-refractivity contribution in [3.63, 3.8) is 0 Å². The van der Waals surface area contributed by atoms with Crippen LogP contribution in [0, 0.1) is 10.1 Å². The Morgan fingerprint density at radius 2 is 2.09 bits per heavy atom. The summed E-state index contributed by atoms with van der Waals surface area (Å²) in [5.74, 6) is 0.338. The molecule has 0 aliphatic carbocycles. The number of anilines is 1. The largest absolute Gasteiger partial charge is 0.321 e. The van der Waals surface area contributed by atoms with Gasteiger partial charge in [-0.1, -0.05) is 0 Å². The normalized spacial score (nSPS) is 10.2. The summed E-state index contributed by atoms with van der Waals surface area (Å²) < 4.78 is 0. The quantitative estimate of drug-likeness (QED) is 0.640. The van der Waals surface area contributed by atoms with E-state index in [9.17, 15) is 19.7 Å². The second-order valence-corrected chi connectivity index (χ2v) is 5.13. The molecule has 0 atom stereocenters. The molecule has 9 heteroatoms. The lowest BCUT2D eigenvalue weighted by molar-refractivity contribution is -0.384.